The maximum Gasteiger partial charge on any atom is 0.240 e. The van der Waals surface area contributed by atoms with Crippen molar-refractivity contribution in [3.63, 3.8) is 0 Å². The molecule has 1 aromatic carbocycles. The van der Waals surface area contributed by atoms with E-state index in [0.29, 0.717) is 13.0 Å². The maximum atomic E-state index is 12.3. The van der Waals surface area contributed by atoms with Crippen molar-refractivity contribution in [2.24, 2.45) is 0 Å². The number of thiophene rings is 1. The number of imidazole rings is 1. The zero-order valence-electron chi connectivity index (χ0n) is 11.5. The van der Waals surface area contributed by atoms with E-state index in [1.807, 2.05) is 24.4 Å². The van der Waals surface area contributed by atoms with Gasteiger partial charge in [0.25, 0.3) is 0 Å². The van der Waals surface area contributed by atoms with E-state index in [1.165, 1.54) is 0 Å². The summed E-state index contributed by atoms with van der Waals surface area (Å²) >= 11 is 1.63. The minimum atomic E-state index is -3.49. The highest BCUT2D eigenvalue weighted by Gasteiger charge is 2.14. The van der Waals surface area contributed by atoms with Crippen LogP contribution in [0.5, 0.6) is 0 Å². The fraction of sp³-hybridized carbons (Fsp3) is 0.214. The van der Waals surface area contributed by atoms with Gasteiger partial charge in [-0.1, -0.05) is 6.07 Å². The second-order valence-corrected chi connectivity index (χ2v) is 7.53. The Balaban J connectivity index is 1.75. The highest BCUT2D eigenvalue weighted by Crippen LogP contribution is 2.17. The predicted octanol–water partition coefficient (Wildman–Crippen LogP) is 2.45. The molecule has 0 amide bonds. The van der Waals surface area contributed by atoms with Crippen molar-refractivity contribution in [3.8, 4) is 0 Å². The van der Waals surface area contributed by atoms with E-state index >= 15 is 0 Å². The average molecular weight is 321 g/mol. The molecule has 0 radical (unpaired) electrons. The van der Waals surface area contributed by atoms with Gasteiger partial charge in [-0.15, -0.1) is 11.3 Å². The van der Waals surface area contributed by atoms with Gasteiger partial charge in [0.2, 0.25) is 10.0 Å². The number of aryl methyl sites for hydroxylation is 1. The first kappa shape index (κ1) is 14.2. The summed E-state index contributed by atoms with van der Waals surface area (Å²) in [6, 6.07) is 8.87. The molecule has 110 valence electrons. The molecule has 0 saturated carbocycles. The van der Waals surface area contributed by atoms with Crippen LogP contribution in [0.3, 0.4) is 0 Å². The molecule has 7 heteroatoms. The van der Waals surface area contributed by atoms with Crippen LogP contribution in [-0.2, 0) is 16.4 Å². The third kappa shape index (κ3) is 3.15. The van der Waals surface area contributed by atoms with Crippen molar-refractivity contribution in [1.82, 2.24) is 14.7 Å². The fourth-order valence-electron chi connectivity index (χ4n) is 2.13. The minimum absolute atomic E-state index is 0.254. The van der Waals surface area contributed by atoms with Gasteiger partial charge in [-0.2, -0.15) is 0 Å². The van der Waals surface area contributed by atoms with E-state index in [1.54, 1.807) is 29.5 Å². The predicted molar refractivity (Wildman–Crippen MR) is 84.0 cm³/mol. The number of fused-ring (bicyclic) bond motifs is 1. The maximum absolute atomic E-state index is 12.3. The second-order valence-electron chi connectivity index (χ2n) is 4.73. The summed E-state index contributed by atoms with van der Waals surface area (Å²) < 4.78 is 27.2. The quantitative estimate of drug-likeness (QED) is 0.758. The van der Waals surface area contributed by atoms with Crippen molar-refractivity contribution in [2.75, 3.05) is 6.54 Å². The van der Waals surface area contributed by atoms with Crippen LogP contribution < -0.4 is 4.72 Å². The molecular weight excluding hydrogens is 306 g/mol. The van der Waals surface area contributed by atoms with Crippen molar-refractivity contribution >= 4 is 32.4 Å². The van der Waals surface area contributed by atoms with Gasteiger partial charge in [0.1, 0.15) is 5.82 Å². The van der Waals surface area contributed by atoms with Crippen LogP contribution in [0.4, 0.5) is 0 Å². The van der Waals surface area contributed by atoms with Crippen LogP contribution in [0, 0.1) is 6.92 Å². The number of H-pyrrole nitrogens is 1. The lowest BCUT2D eigenvalue weighted by Gasteiger charge is -2.06. The number of sulfonamides is 1. The number of nitrogens with one attached hydrogen (secondary N) is 2. The van der Waals surface area contributed by atoms with Crippen LogP contribution in [0.2, 0.25) is 0 Å². The largest absolute Gasteiger partial charge is 0.342 e. The highest BCUT2D eigenvalue weighted by atomic mass is 32.2. The Labute approximate surface area is 127 Å². The molecule has 0 fully saturated rings. The summed E-state index contributed by atoms with van der Waals surface area (Å²) in [5.41, 5.74) is 1.50. The highest BCUT2D eigenvalue weighted by molar-refractivity contribution is 7.89. The van der Waals surface area contributed by atoms with Crippen molar-refractivity contribution in [2.45, 2.75) is 18.2 Å². The van der Waals surface area contributed by atoms with Crippen LogP contribution in [0.1, 0.15) is 10.7 Å². The summed E-state index contributed by atoms with van der Waals surface area (Å²) in [5, 5.41) is 1.98. The zero-order valence-corrected chi connectivity index (χ0v) is 13.1. The van der Waals surface area contributed by atoms with Crippen LogP contribution in [0.25, 0.3) is 11.0 Å². The van der Waals surface area contributed by atoms with Gasteiger partial charge < -0.3 is 4.98 Å². The number of aromatic amines is 1. The molecule has 5 nitrogen and oxygen atoms in total. The number of hydrogen-bond donors (Lipinski definition) is 2. The molecule has 0 spiro atoms. The van der Waals surface area contributed by atoms with Gasteiger partial charge in [0, 0.05) is 11.4 Å². The first-order valence-electron chi connectivity index (χ1n) is 6.53. The standard InChI is InChI=1S/C14H15N3O2S2/c1-10-16-13-5-4-12(9-14(13)17-10)21(18,19)15-7-6-11-3-2-8-20-11/h2-5,8-9,15H,6-7H2,1H3,(H,16,17). The van der Waals surface area contributed by atoms with Gasteiger partial charge in [0.15, 0.2) is 0 Å². The molecule has 0 unspecified atom stereocenters. The normalized spacial score (nSPS) is 12.0. The third-order valence-corrected chi connectivity index (χ3v) is 5.52. The SMILES string of the molecule is Cc1nc2ccc(S(=O)(=O)NCCc3cccs3)cc2[nH]1. The molecule has 0 aliphatic rings. The Kier molecular flexibility index (Phi) is 3.79. The Morgan fingerprint density at radius 2 is 2.19 bits per heavy atom. The van der Waals surface area contributed by atoms with Crippen LogP contribution >= 0.6 is 11.3 Å². The van der Waals surface area contributed by atoms with E-state index in [2.05, 4.69) is 14.7 Å². The molecule has 3 aromatic rings. The number of hydrogen-bond acceptors (Lipinski definition) is 4. The molecular formula is C14H15N3O2S2. The molecule has 21 heavy (non-hydrogen) atoms. The average Bonchev–Trinajstić information content (AvgIpc) is 3.05. The van der Waals surface area contributed by atoms with Crippen LogP contribution in [0.15, 0.2) is 40.6 Å². The lowest BCUT2D eigenvalue weighted by molar-refractivity contribution is 0.582. The van der Waals surface area contributed by atoms with Gasteiger partial charge in [-0.3, -0.25) is 0 Å². The summed E-state index contributed by atoms with van der Waals surface area (Å²) in [4.78, 5) is 8.73. The summed E-state index contributed by atoms with van der Waals surface area (Å²) in [6.45, 7) is 2.23. The molecule has 2 heterocycles. The fourth-order valence-corrected chi connectivity index (χ4v) is 3.90. The van der Waals surface area contributed by atoms with Gasteiger partial charge in [0.05, 0.1) is 15.9 Å². The number of rotatable bonds is 5. The van der Waals surface area contributed by atoms with Gasteiger partial charge in [-0.25, -0.2) is 18.1 Å². The van der Waals surface area contributed by atoms with E-state index in [4.69, 9.17) is 0 Å². The van der Waals surface area contributed by atoms with E-state index in [0.717, 1.165) is 21.7 Å². The molecule has 2 aromatic heterocycles. The lowest BCUT2D eigenvalue weighted by Crippen LogP contribution is -2.25. The first-order valence-corrected chi connectivity index (χ1v) is 8.89. The third-order valence-electron chi connectivity index (χ3n) is 3.13. The molecule has 0 atom stereocenters. The van der Waals surface area contributed by atoms with Crippen molar-refractivity contribution in [1.29, 1.82) is 0 Å². The van der Waals surface area contributed by atoms with E-state index < -0.39 is 10.0 Å². The van der Waals surface area contributed by atoms with E-state index in [-0.39, 0.29) is 4.90 Å². The molecule has 0 bridgehead atoms. The minimum Gasteiger partial charge on any atom is -0.342 e. The summed E-state index contributed by atoms with van der Waals surface area (Å²) in [7, 11) is -3.49. The number of aromatic nitrogens is 2. The molecule has 0 aliphatic carbocycles. The topological polar surface area (TPSA) is 74.8 Å². The monoisotopic (exact) mass is 321 g/mol. The Bertz CT molecular complexity index is 852. The first-order chi connectivity index (χ1) is 10.0. The Hall–Kier alpha value is -1.70. The lowest BCUT2D eigenvalue weighted by atomic mass is 10.3. The molecule has 0 aliphatic heterocycles. The molecule has 2 N–H and O–H groups in total. The van der Waals surface area contributed by atoms with Crippen molar-refractivity contribution < 1.29 is 8.42 Å². The number of benzene rings is 1. The van der Waals surface area contributed by atoms with Crippen LogP contribution in [-0.4, -0.2) is 24.9 Å². The molecule has 3 rings (SSSR count). The molecule has 0 saturated heterocycles. The second kappa shape index (κ2) is 5.59. The van der Waals surface area contributed by atoms with Gasteiger partial charge >= 0.3 is 0 Å². The smallest absolute Gasteiger partial charge is 0.240 e. The Morgan fingerprint density at radius 3 is 2.95 bits per heavy atom. The van der Waals surface area contributed by atoms with Gasteiger partial charge in [-0.05, 0) is 43.0 Å². The van der Waals surface area contributed by atoms with E-state index in [9.17, 15) is 8.42 Å². The Morgan fingerprint density at radius 1 is 1.33 bits per heavy atom. The van der Waals surface area contributed by atoms with Crippen molar-refractivity contribution in [3.05, 3.63) is 46.4 Å². The summed E-state index contributed by atoms with van der Waals surface area (Å²) in [6.07, 6.45) is 0.697. The summed E-state index contributed by atoms with van der Waals surface area (Å²) in [5.74, 6) is 0.769. The zero-order chi connectivity index (χ0) is 14.9. The number of nitrogens with zero attached hydrogens (tertiary/aromatic N) is 1.